The highest BCUT2D eigenvalue weighted by atomic mass is 15.4. The minimum absolute atomic E-state index is 0.685. The number of rotatable bonds is 5. The number of aromatic nitrogens is 6. The lowest BCUT2D eigenvalue weighted by atomic mass is 10.4. The molecule has 0 amide bonds. The van der Waals surface area contributed by atoms with Crippen LogP contribution in [0.15, 0.2) is 12.5 Å². The standard InChI is InChI=1S/C9H15N7/c1-3-16-7-11-13-9(16)5-10-4-8-6-15(2)14-12-8/h6-7,10H,3-5H2,1-2H3. The van der Waals surface area contributed by atoms with E-state index in [0.29, 0.717) is 13.1 Å². The van der Waals surface area contributed by atoms with Crippen molar-refractivity contribution in [3.8, 4) is 0 Å². The molecular formula is C9H15N7. The minimum Gasteiger partial charge on any atom is -0.317 e. The van der Waals surface area contributed by atoms with Gasteiger partial charge in [0.15, 0.2) is 0 Å². The Morgan fingerprint density at radius 2 is 2.19 bits per heavy atom. The van der Waals surface area contributed by atoms with Crippen molar-refractivity contribution in [2.45, 2.75) is 26.6 Å². The highest BCUT2D eigenvalue weighted by Gasteiger charge is 2.02. The van der Waals surface area contributed by atoms with Gasteiger partial charge < -0.3 is 9.88 Å². The molecule has 2 heterocycles. The molecule has 0 spiro atoms. The number of nitrogens with one attached hydrogen (secondary N) is 1. The van der Waals surface area contributed by atoms with Crippen LogP contribution in [0, 0.1) is 0 Å². The molecule has 16 heavy (non-hydrogen) atoms. The first kappa shape index (κ1) is 10.7. The van der Waals surface area contributed by atoms with E-state index in [0.717, 1.165) is 18.1 Å². The van der Waals surface area contributed by atoms with Crippen molar-refractivity contribution < 1.29 is 0 Å². The van der Waals surface area contributed by atoms with Gasteiger partial charge in [-0.3, -0.25) is 4.68 Å². The van der Waals surface area contributed by atoms with Gasteiger partial charge in [-0.05, 0) is 6.92 Å². The number of aryl methyl sites for hydroxylation is 2. The summed E-state index contributed by atoms with van der Waals surface area (Å²) in [4.78, 5) is 0. The second-order valence-electron chi connectivity index (χ2n) is 3.52. The van der Waals surface area contributed by atoms with E-state index < -0.39 is 0 Å². The van der Waals surface area contributed by atoms with Crippen molar-refractivity contribution in [1.29, 1.82) is 0 Å². The van der Waals surface area contributed by atoms with E-state index in [1.165, 1.54) is 0 Å². The fourth-order valence-electron chi connectivity index (χ4n) is 1.46. The average molecular weight is 221 g/mol. The quantitative estimate of drug-likeness (QED) is 0.751. The largest absolute Gasteiger partial charge is 0.317 e. The molecule has 0 unspecified atom stereocenters. The van der Waals surface area contributed by atoms with E-state index in [4.69, 9.17) is 0 Å². The van der Waals surface area contributed by atoms with Crippen LogP contribution >= 0.6 is 0 Å². The topological polar surface area (TPSA) is 73.5 Å². The molecule has 0 fully saturated rings. The van der Waals surface area contributed by atoms with E-state index >= 15 is 0 Å². The fraction of sp³-hybridized carbons (Fsp3) is 0.556. The molecule has 0 aromatic carbocycles. The Kier molecular flexibility index (Phi) is 3.25. The van der Waals surface area contributed by atoms with E-state index in [1.54, 1.807) is 11.0 Å². The van der Waals surface area contributed by atoms with Crippen molar-refractivity contribution in [1.82, 2.24) is 35.1 Å². The highest BCUT2D eigenvalue weighted by Crippen LogP contribution is 1.96. The van der Waals surface area contributed by atoms with Crippen LogP contribution < -0.4 is 5.32 Å². The highest BCUT2D eigenvalue weighted by molar-refractivity contribution is 4.92. The third-order valence-corrected chi connectivity index (χ3v) is 2.28. The molecule has 7 nitrogen and oxygen atoms in total. The zero-order valence-corrected chi connectivity index (χ0v) is 9.46. The second kappa shape index (κ2) is 4.84. The maximum Gasteiger partial charge on any atom is 0.146 e. The van der Waals surface area contributed by atoms with Crippen molar-refractivity contribution in [2.75, 3.05) is 0 Å². The van der Waals surface area contributed by atoms with Gasteiger partial charge in [-0.25, -0.2) is 0 Å². The molecule has 0 radical (unpaired) electrons. The molecule has 0 saturated carbocycles. The first-order chi connectivity index (χ1) is 7.79. The second-order valence-corrected chi connectivity index (χ2v) is 3.52. The summed E-state index contributed by atoms with van der Waals surface area (Å²) >= 11 is 0. The van der Waals surface area contributed by atoms with Crippen molar-refractivity contribution in [3.63, 3.8) is 0 Å². The lowest BCUT2D eigenvalue weighted by Crippen LogP contribution is -2.16. The molecule has 0 atom stereocenters. The maximum absolute atomic E-state index is 4.03. The average Bonchev–Trinajstić information content (AvgIpc) is 2.87. The molecule has 2 aromatic heterocycles. The third kappa shape index (κ3) is 2.43. The van der Waals surface area contributed by atoms with Crippen LogP contribution in [-0.4, -0.2) is 29.8 Å². The van der Waals surface area contributed by atoms with Crippen LogP contribution in [0.1, 0.15) is 18.4 Å². The van der Waals surface area contributed by atoms with Gasteiger partial charge in [0.1, 0.15) is 12.2 Å². The fourth-order valence-corrected chi connectivity index (χ4v) is 1.46. The van der Waals surface area contributed by atoms with Crippen LogP contribution in [-0.2, 0) is 26.7 Å². The first-order valence-corrected chi connectivity index (χ1v) is 5.22. The van der Waals surface area contributed by atoms with Gasteiger partial charge in [0.2, 0.25) is 0 Å². The van der Waals surface area contributed by atoms with Crippen LogP contribution in [0.25, 0.3) is 0 Å². The van der Waals surface area contributed by atoms with E-state index in [-0.39, 0.29) is 0 Å². The summed E-state index contributed by atoms with van der Waals surface area (Å²) in [7, 11) is 1.85. The Balaban J connectivity index is 1.84. The molecule has 1 N–H and O–H groups in total. The van der Waals surface area contributed by atoms with Crippen LogP contribution in [0.3, 0.4) is 0 Å². The van der Waals surface area contributed by atoms with Gasteiger partial charge in [-0.15, -0.1) is 15.3 Å². The summed E-state index contributed by atoms with van der Waals surface area (Å²) in [6.07, 6.45) is 3.62. The molecule has 0 bridgehead atoms. The normalized spacial score (nSPS) is 10.9. The smallest absolute Gasteiger partial charge is 0.146 e. The van der Waals surface area contributed by atoms with Gasteiger partial charge >= 0.3 is 0 Å². The van der Waals surface area contributed by atoms with Gasteiger partial charge in [-0.2, -0.15) is 0 Å². The monoisotopic (exact) mass is 221 g/mol. The predicted octanol–water partition coefficient (Wildman–Crippen LogP) is -0.284. The molecule has 0 saturated heterocycles. The Morgan fingerprint density at radius 3 is 2.88 bits per heavy atom. The molecule has 0 aliphatic carbocycles. The summed E-state index contributed by atoms with van der Waals surface area (Å²) in [5.74, 6) is 0.936. The summed E-state index contributed by atoms with van der Waals surface area (Å²) in [5.41, 5.74) is 0.921. The molecule has 0 aliphatic heterocycles. The SMILES string of the molecule is CCn1cnnc1CNCc1cn(C)nn1. The van der Waals surface area contributed by atoms with Crippen LogP contribution in [0.5, 0.6) is 0 Å². The molecule has 0 aliphatic rings. The van der Waals surface area contributed by atoms with Crippen molar-refractivity contribution >= 4 is 0 Å². The molecule has 7 heteroatoms. The van der Waals surface area contributed by atoms with E-state index in [1.807, 2.05) is 17.8 Å². The zero-order valence-electron chi connectivity index (χ0n) is 9.46. The molecule has 2 aromatic rings. The van der Waals surface area contributed by atoms with Gasteiger partial charge in [0.25, 0.3) is 0 Å². The number of hydrogen-bond donors (Lipinski definition) is 1. The van der Waals surface area contributed by atoms with E-state index in [2.05, 4.69) is 32.7 Å². The van der Waals surface area contributed by atoms with E-state index in [9.17, 15) is 0 Å². The summed E-state index contributed by atoms with van der Waals surface area (Å²) in [5, 5.41) is 19.0. The first-order valence-electron chi connectivity index (χ1n) is 5.22. The van der Waals surface area contributed by atoms with Gasteiger partial charge in [0.05, 0.1) is 12.2 Å². The predicted molar refractivity (Wildman–Crippen MR) is 57.2 cm³/mol. The lowest BCUT2D eigenvalue weighted by molar-refractivity contribution is 0.606. The minimum atomic E-state index is 0.685. The number of hydrogen-bond acceptors (Lipinski definition) is 5. The summed E-state index contributed by atoms with van der Waals surface area (Å²) < 4.78 is 3.69. The summed E-state index contributed by atoms with van der Waals surface area (Å²) in [6.45, 7) is 4.32. The number of nitrogens with zero attached hydrogens (tertiary/aromatic N) is 6. The molecule has 2 rings (SSSR count). The Bertz CT molecular complexity index is 444. The Morgan fingerprint density at radius 1 is 1.31 bits per heavy atom. The van der Waals surface area contributed by atoms with Crippen LogP contribution in [0.2, 0.25) is 0 Å². The van der Waals surface area contributed by atoms with Gasteiger partial charge in [-0.1, -0.05) is 5.21 Å². The maximum atomic E-state index is 4.03. The molecule has 86 valence electrons. The Labute approximate surface area is 93.5 Å². The van der Waals surface area contributed by atoms with Crippen molar-refractivity contribution in [2.24, 2.45) is 7.05 Å². The summed E-state index contributed by atoms with van der Waals surface area (Å²) in [6, 6.07) is 0. The third-order valence-electron chi connectivity index (χ3n) is 2.28. The van der Waals surface area contributed by atoms with Crippen LogP contribution in [0.4, 0.5) is 0 Å². The Hall–Kier alpha value is -1.76. The van der Waals surface area contributed by atoms with Gasteiger partial charge in [0, 0.05) is 26.3 Å². The van der Waals surface area contributed by atoms with Crippen molar-refractivity contribution in [3.05, 3.63) is 24.0 Å². The zero-order chi connectivity index (χ0) is 11.4. The molecular weight excluding hydrogens is 206 g/mol. The lowest BCUT2D eigenvalue weighted by Gasteiger charge is -2.03.